The van der Waals surface area contributed by atoms with E-state index in [2.05, 4.69) is 41.4 Å². The number of benzene rings is 1. The molecule has 1 aromatic rings. The Balaban J connectivity index is 1.48. The predicted molar refractivity (Wildman–Crippen MR) is 86.6 cm³/mol. The first-order valence-electron chi connectivity index (χ1n) is 8.39. The second-order valence-corrected chi connectivity index (χ2v) is 6.55. The second kappa shape index (κ2) is 7.25. The highest BCUT2D eigenvalue weighted by molar-refractivity contribution is 5.79. The lowest BCUT2D eigenvalue weighted by atomic mass is 9.98. The lowest BCUT2D eigenvalue weighted by Gasteiger charge is -2.31. The molecule has 1 aromatic carbocycles. The Hall–Kier alpha value is -1.39. The lowest BCUT2D eigenvalue weighted by molar-refractivity contribution is -0.128. The molecule has 2 aliphatic heterocycles. The minimum atomic E-state index is 0.137. The van der Waals surface area contributed by atoms with Crippen molar-refractivity contribution in [1.29, 1.82) is 0 Å². The van der Waals surface area contributed by atoms with Crippen molar-refractivity contribution < 1.29 is 9.53 Å². The van der Waals surface area contributed by atoms with Crippen LogP contribution in [0.15, 0.2) is 24.3 Å². The number of rotatable bonds is 4. The van der Waals surface area contributed by atoms with E-state index in [-0.39, 0.29) is 17.9 Å². The normalized spacial score (nSPS) is 21.1. The Morgan fingerprint density at radius 2 is 2.05 bits per heavy atom. The topological polar surface area (TPSA) is 41.6 Å². The molecule has 120 valence electrons. The zero-order valence-electron chi connectivity index (χ0n) is 13.4. The molecule has 0 aliphatic carbocycles. The first-order valence-corrected chi connectivity index (χ1v) is 8.39. The largest absolute Gasteiger partial charge is 0.381 e. The van der Waals surface area contributed by atoms with Crippen molar-refractivity contribution in [1.82, 2.24) is 10.2 Å². The predicted octanol–water partition coefficient (Wildman–Crippen LogP) is 1.98. The van der Waals surface area contributed by atoms with E-state index in [1.807, 2.05) is 0 Å². The average Bonchev–Trinajstić information content (AvgIpc) is 2.55. The molecule has 2 heterocycles. The number of carbonyl (C=O) groups is 1. The summed E-state index contributed by atoms with van der Waals surface area (Å²) in [5.74, 6) is 0.339. The highest BCUT2D eigenvalue weighted by atomic mass is 16.5. The molecule has 3 rings (SSSR count). The van der Waals surface area contributed by atoms with Crippen LogP contribution >= 0.6 is 0 Å². The van der Waals surface area contributed by atoms with Gasteiger partial charge in [-0.15, -0.1) is 0 Å². The maximum absolute atomic E-state index is 12.3. The Morgan fingerprint density at radius 3 is 2.82 bits per heavy atom. The molecule has 0 unspecified atom stereocenters. The van der Waals surface area contributed by atoms with E-state index in [1.165, 1.54) is 11.1 Å². The van der Waals surface area contributed by atoms with Crippen LogP contribution in [-0.4, -0.2) is 43.2 Å². The monoisotopic (exact) mass is 302 g/mol. The van der Waals surface area contributed by atoms with E-state index in [9.17, 15) is 4.79 Å². The molecule has 4 nitrogen and oxygen atoms in total. The zero-order chi connectivity index (χ0) is 15.4. The van der Waals surface area contributed by atoms with E-state index in [0.717, 1.165) is 52.1 Å². The van der Waals surface area contributed by atoms with Crippen molar-refractivity contribution in [2.75, 3.05) is 26.3 Å². The molecule has 4 heteroatoms. The molecule has 0 saturated carbocycles. The Bertz CT molecular complexity index is 512. The molecule has 22 heavy (non-hydrogen) atoms. The SMILES string of the molecule is C[C@@H](CN1CCc2ccccc2C1)NC(=O)C1CCOCC1. The summed E-state index contributed by atoms with van der Waals surface area (Å²) in [6.45, 7) is 6.54. The van der Waals surface area contributed by atoms with Crippen LogP contribution < -0.4 is 5.32 Å². The summed E-state index contributed by atoms with van der Waals surface area (Å²) in [7, 11) is 0. The van der Waals surface area contributed by atoms with Crippen molar-refractivity contribution in [3.05, 3.63) is 35.4 Å². The molecule has 2 aliphatic rings. The Morgan fingerprint density at radius 1 is 1.32 bits per heavy atom. The fraction of sp³-hybridized carbons (Fsp3) is 0.611. The molecule has 0 bridgehead atoms. The molecule has 0 radical (unpaired) electrons. The summed E-state index contributed by atoms with van der Waals surface area (Å²) in [6.07, 6.45) is 2.82. The van der Waals surface area contributed by atoms with Crippen molar-refractivity contribution in [3.8, 4) is 0 Å². The number of amides is 1. The molecule has 1 fully saturated rings. The second-order valence-electron chi connectivity index (χ2n) is 6.55. The molecular weight excluding hydrogens is 276 g/mol. The van der Waals surface area contributed by atoms with Gasteiger partial charge in [-0.1, -0.05) is 24.3 Å². The third-order valence-electron chi connectivity index (χ3n) is 4.72. The number of nitrogens with zero attached hydrogens (tertiary/aromatic N) is 1. The molecule has 0 aromatic heterocycles. The van der Waals surface area contributed by atoms with Crippen LogP contribution in [0.25, 0.3) is 0 Å². The van der Waals surface area contributed by atoms with Gasteiger partial charge in [0.2, 0.25) is 5.91 Å². The standard InChI is InChI=1S/C18H26N2O2/c1-14(19-18(21)16-7-10-22-11-8-16)12-20-9-6-15-4-2-3-5-17(15)13-20/h2-5,14,16H,6-13H2,1H3,(H,19,21)/t14-/m0/s1. The fourth-order valence-corrected chi connectivity index (χ4v) is 3.46. The van der Waals surface area contributed by atoms with E-state index in [1.54, 1.807) is 0 Å². The van der Waals surface area contributed by atoms with E-state index >= 15 is 0 Å². The minimum Gasteiger partial charge on any atom is -0.381 e. The minimum absolute atomic E-state index is 0.137. The van der Waals surface area contributed by atoms with Crippen LogP contribution in [0.4, 0.5) is 0 Å². The molecular formula is C18H26N2O2. The molecule has 1 saturated heterocycles. The number of fused-ring (bicyclic) bond motifs is 1. The van der Waals surface area contributed by atoms with Gasteiger partial charge in [-0.05, 0) is 37.3 Å². The quantitative estimate of drug-likeness (QED) is 0.924. The van der Waals surface area contributed by atoms with E-state index in [0.29, 0.717) is 0 Å². The van der Waals surface area contributed by atoms with Gasteiger partial charge in [0.25, 0.3) is 0 Å². The van der Waals surface area contributed by atoms with Crippen LogP contribution in [-0.2, 0) is 22.5 Å². The van der Waals surface area contributed by atoms with Gasteiger partial charge in [-0.2, -0.15) is 0 Å². The van der Waals surface area contributed by atoms with Crippen LogP contribution in [0.1, 0.15) is 30.9 Å². The molecule has 1 amide bonds. The van der Waals surface area contributed by atoms with Crippen LogP contribution in [0.2, 0.25) is 0 Å². The number of carbonyl (C=O) groups excluding carboxylic acids is 1. The Kier molecular flexibility index (Phi) is 5.11. The molecule has 1 N–H and O–H groups in total. The van der Waals surface area contributed by atoms with Crippen LogP contribution in [0.5, 0.6) is 0 Å². The van der Waals surface area contributed by atoms with Gasteiger partial charge in [-0.3, -0.25) is 9.69 Å². The summed E-state index contributed by atoms with van der Waals surface area (Å²) in [5, 5.41) is 3.18. The van der Waals surface area contributed by atoms with Crippen molar-refractivity contribution in [3.63, 3.8) is 0 Å². The highest BCUT2D eigenvalue weighted by Gasteiger charge is 2.24. The number of nitrogens with one attached hydrogen (secondary N) is 1. The van der Waals surface area contributed by atoms with Gasteiger partial charge in [-0.25, -0.2) is 0 Å². The van der Waals surface area contributed by atoms with Crippen LogP contribution in [0.3, 0.4) is 0 Å². The summed E-state index contributed by atoms with van der Waals surface area (Å²) >= 11 is 0. The lowest BCUT2D eigenvalue weighted by Crippen LogP contribution is -2.46. The van der Waals surface area contributed by atoms with Gasteiger partial charge >= 0.3 is 0 Å². The smallest absolute Gasteiger partial charge is 0.223 e. The summed E-state index contributed by atoms with van der Waals surface area (Å²) < 4.78 is 5.32. The van der Waals surface area contributed by atoms with Crippen LogP contribution in [0, 0.1) is 5.92 Å². The van der Waals surface area contributed by atoms with E-state index < -0.39 is 0 Å². The Labute approximate surface area is 132 Å². The number of hydrogen-bond acceptors (Lipinski definition) is 3. The third-order valence-corrected chi connectivity index (χ3v) is 4.72. The summed E-state index contributed by atoms with van der Waals surface area (Å²) in [5.41, 5.74) is 2.90. The van der Waals surface area contributed by atoms with Crippen molar-refractivity contribution >= 4 is 5.91 Å². The first kappa shape index (κ1) is 15.5. The zero-order valence-corrected chi connectivity index (χ0v) is 13.4. The maximum Gasteiger partial charge on any atom is 0.223 e. The van der Waals surface area contributed by atoms with E-state index in [4.69, 9.17) is 4.74 Å². The van der Waals surface area contributed by atoms with Gasteiger partial charge in [0.05, 0.1) is 0 Å². The first-order chi connectivity index (χ1) is 10.7. The molecule has 0 spiro atoms. The van der Waals surface area contributed by atoms with Crippen molar-refractivity contribution in [2.45, 2.75) is 38.8 Å². The van der Waals surface area contributed by atoms with Crippen molar-refractivity contribution in [2.24, 2.45) is 5.92 Å². The van der Waals surface area contributed by atoms with Gasteiger partial charge in [0, 0.05) is 44.8 Å². The average molecular weight is 302 g/mol. The molecule has 1 atom stereocenters. The number of ether oxygens (including phenoxy) is 1. The number of hydrogen-bond donors (Lipinski definition) is 1. The maximum atomic E-state index is 12.3. The summed E-state index contributed by atoms with van der Waals surface area (Å²) in [6, 6.07) is 8.86. The van der Waals surface area contributed by atoms with Gasteiger partial charge in [0.15, 0.2) is 0 Å². The van der Waals surface area contributed by atoms with Gasteiger partial charge < -0.3 is 10.1 Å². The third kappa shape index (κ3) is 3.87. The summed E-state index contributed by atoms with van der Waals surface area (Å²) in [4.78, 5) is 14.7. The van der Waals surface area contributed by atoms with Gasteiger partial charge in [0.1, 0.15) is 0 Å². The highest BCUT2D eigenvalue weighted by Crippen LogP contribution is 2.19. The fourth-order valence-electron chi connectivity index (χ4n) is 3.46.